The van der Waals surface area contributed by atoms with Crippen LogP contribution >= 0.6 is 0 Å². The largest absolute Gasteiger partial charge is 0.416 e. The van der Waals surface area contributed by atoms with E-state index in [2.05, 4.69) is 32.3 Å². The van der Waals surface area contributed by atoms with Crippen molar-refractivity contribution in [3.05, 3.63) is 113 Å². The zero-order chi connectivity index (χ0) is 38.2. The zero-order valence-corrected chi connectivity index (χ0v) is 30.5. The van der Waals surface area contributed by atoms with Gasteiger partial charge < -0.3 is 25.2 Å². The number of carbonyl (C=O) groups excluding carboxylic acids is 3. The lowest BCUT2D eigenvalue weighted by Gasteiger charge is -2.35. The van der Waals surface area contributed by atoms with E-state index in [1.165, 1.54) is 24.4 Å². The Balaban J connectivity index is 1.22. The van der Waals surface area contributed by atoms with Crippen molar-refractivity contribution in [3.63, 3.8) is 0 Å². The number of benzene rings is 3. The molecule has 1 atom stereocenters. The molecule has 10 nitrogen and oxygen atoms in total. The van der Waals surface area contributed by atoms with Crippen LogP contribution in [0.5, 0.6) is 0 Å². The second-order valence-corrected chi connectivity index (χ2v) is 13.8. The molecule has 284 valence electrons. The lowest BCUT2D eigenvalue weighted by atomic mass is 10.00. The smallest absolute Gasteiger partial charge is 0.379 e. The summed E-state index contributed by atoms with van der Waals surface area (Å²) in [7, 11) is 1.75. The summed E-state index contributed by atoms with van der Waals surface area (Å²) >= 11 is 0. The first-order valence-electron chi connectivity index (χ1n) is 18.2. The summed E-state index contributed by atoms with van der Waals surface area (Å²) in [5.74, 6) is -1.10. The third-order valence-electron chi connectivity index (χ3n) is 9.97. The van der Waals surface area contributed by atoms with E-state index < -0.39 is 23.6 Å². The summed E-state index contributed by atoms with van der Waals surface area (Å²) < 4.78 is 45.1. The van der Waals surface area contributed by atoms with Gasteiger partial charge in [-0.2, -0.15) is 13.2 Å². The van der Waals surface area contributed by atoms with Crippen LogP contribution in [0.15, 0.2) is 85.1 Å². The van der Waals surface area contributed by atoms with Gasteiger partial charge in [0, 0.05) is 86.5 Å². The molecule has 13 heteroatoms. The van der Waals surface area contributed by atoms with E-state index in [0.29, 0.717) is 59.4 Å². The van der Waals surface area contributed by atoms with Crippen LogP contribution in [-0.2, 0) is 17.5 Å². The lowest BCUT2D eigenvalue weighted by Crippen LogP contribution is -2.41. The summed E-state index contributed by atoms with van der Waals surface area (Å²) in [5.41, 5.74) is 2.89. The molecule has 2 saturated heterocycles. The fourth-order valence-corrected chi connectivity index (χ4v) is 6.80. The van der Waals surface area contributed by atoms with Gasteiger partial charge in [-0.15, -0.1) is 0 Å². The first-order valence-corrected chi connectivity index (χ1v) is 18.2. The summed E-state index contributed by atoms with van der Waals surface area (Å²) in [6, 6.07) is 20.6. The molecule has 3 amide bonds. The van der Waals surface area contributed by atoms with Gasteiger partial charge >= 0.3 is 6.18 Å². The van der Waals surface area contributed by atoms with Gasteiger partial charge in [0.1, 0.15) is 0 Å². The van der Waals surface area contributed by atoms with Gasteiger partial charge in [0.25, 0.3) is 17.7 Å². The minimum Gasteiger partial charge on any atom is -0.379 e. The van der Waals surface area contributed by atoms with Gasteiger partial charge in [0.05, 0.1) is 30.2 Å². The molecule has 1 unspecified atom stereocenters. The van der Waals surface area contributed by atoms with Crippen LogP contribution in [0.4, 0.5) is 24.5 Å². The number of aromatic nitrogens is 1. The fraction of sp³-hybridized carbons (Fsp3) is 0.366. The molecule has 0 spiro atoms. The molecule has 3 heterocycles. The van der Waals surface area contributed by atoms with E-state index in [1.54, 1.807) is 42.3 Å². The van der Waals surface area contributed by atoms with Crippen LogP contribution in [0, 0.1) is 0 Å². The fourth-order valence-electron chi connectivity index (χ4n) is 6.80. The van der Waals surface area contributed by atoms with Crippen molar-refractivity contribution in [2.75, 3.05) is 63.2 Å². The molecule has 1 aromatic heterocycles. The van der Waals surface area contributed by atoms with Gasteiger partial charge in [0.2, 0.25) is 0 Å². The van der Waals surface area contributed by atoms with Crippen LogP contribution in [0.2, 0.25) is 0 Å². The number of hydrogen-bond donors (Lipinski definition) is 2. The highest BCUT2D eigenvalue weighted by molar-refractivity contribution is 6.08. The molecule has 6 rings (SSSR count). The molecule has 2 fully saturated rings. The molecule has 4 aromatic rings. The van der Waals surface area contributed by atoms with Crippen LogP contribution < -0.4 is 15.5 Å². The second kappa shape index (κ2) is 17.3. The highest BCUT2D eigenvalue weighted by atomic mass is 19.4. The molecule has 2 aliphatic rings. The minimum absolute atomic E-state index is 0.102. The molecule has 0 aliphatic carbocycles. The number of piperidine rings is 1. The Morgan fingerprint density at radius 2 is 1.65 bits per heavy atom. The third-order valence-corrected chi connectivity index (χ3v) is 9.97. The Morgan fingerprint density at radius 1 is 0.889 bits per heavy atom. The Bertz CT molecular complexity index is 1970. The maximum atomic E-state index is 13.8. The summed E-state index contributed by atoms with van der Waals surface area (Å²) in [4.78, 5) is 51.2. The number of nitrogens with one attached hydrogen (secondary N) is 2. The number of nitrogens with zero attached hydrogens (tertiary/aromatic N) is 4. The normalized spacial score (nSPS) is 16.5. The number of anilines is 2. The Labute approximate surface area is 313 Å². The van der Waals surface area contributed by atoms with E-state index in [9.17, 15) is 27.6 Å². The topological polar surface area (TPSA) is 107 Å². The number of carbonyl (C=O) groups is 3. The predicted octanol–water partition coefficient (Wildman–Crippen LogP) is 6.73. The van der Waals surface area contributed by atoms with Crippen LogP contribution in [0.1, 0.15) is 68.4 Å². The molecule has 2 aliphatic heterocycles. The predicted molar refractivity (Wildman–Crippen MR) is 202 cm³/mol. The first-order chi connectivity index (χ1) is 26.0. The minimum atomic E-state index is -4.49. The van der Waals surface area contributed by atoms with Gasteiger partial charge in [0.15, 0.2) is 0 Å². The quantitative estimate of drug-likeness (QED) is 0.176. The average molecular weight is 743 g/mol. The zero-order valence-electron chi connectivity index (χ0n) is 30.5. The summed E-state index contributed by atoms with van der Waals surface area (Å²) in [6.45, 7) is 7.23. The van der Waals surface area contributed by atoms with Crippen LogP contribution in [0.3, 0.4) is 0 Å². The third kappa shape index (κ3) is 9.63. The molecule has 0 radical (unpaired) electrons. The van der Waals surface area contributed by atoms with Crippen molar-refractivity contribution in [2.45, 2.75) is 44.9 Å². The SMILES string of the molecule is CC1CCCCN1c1ccc(NC(=O)c2cccc(C(=O)N(C)CCN3CCOCC3)c2)c(-c2cc(C(=O)NCc3cccc(C(F)(F)F)c3)ccn2)c1. The van der Waals surface area contributed by atoms with E-state index in [1.807, 2.05) is 18.2 Å². The maximum absolute atomic E-state index is 13.8. The van der Waals surface area contributed by atoms with Crippen molar-refractivity contribution in [2.24, 2.45) is 0 Å². The maximum Gasteiger partial charge on any atom is 0.416 e. The van der Waals surface area contributed by atoms with E-state index in [4.69, 9.17) is 4.74 Å². The van der Waals surface area contributed by atoms with E-state index >= 15 is 0 Å². The van der Waals surface area contributed by atoms with E-state index in [-0.39, 0.29) is 18.0 Å². The lowest BCUT2D eigenvalue weighted by molar-refractivity contribution is -0.137. The number of pyridine rings is 1. The molecule has 0 bridgehead atoms. The van der Waals surface area contributed by atoms with Gasteiger partial charge in [-0.3, -0.25) is 24.3 Å². The molecule has 54 heavy (non-hydrogen) atoms. The number of alkyl halides is 3. The first kappa shape index (κ1) is 38.5. The Morgan fingerprint density at radius 3 is 2.43 bits per heavy atom. The summed E-state index contributed by atoms with van der Waals surface area (Å²) in [6.07, 6.45) is 0.234. The highest BCUT2D eigenvalue weighted by Gasteiger charge is 2.30. The molecular formula is C41H45F3N6O4. The van der Waals surface area contributed by atoms with Crippen molar-refractivity contribution >= 4 is 29.1 Å². The molecule has 0 saturated carbocycles. The number of ether oxygens (including phenoxy) is 1. The van der Waals surface area contributed by atoms with Crippen LogP contribution in [0.25, 0.3) is 11.3 Å². The number of hydrogen-bond acceptors (Lipinski definition) is 7. The van der Waals surface area contributed by atoms with E-state index in [0.717, 1.165) is 63.3 Å². The second-order valence-electron chi connectivity index (χ2n) is 13.8. The van der Waals surface area contributed by atoms with Gasteiger partial charge in [-0.05, 0) is 92.4 Å². The highest BCUT2D eigenvalue weighted by Crippen LogP contribution is 2.35. The van der Waals surface area contributed by atoms with Crippen molar-refractivity contribution in [1.29, 1.82) is 0 Å². The molecule has 3 aromatic carbocycles. The van der Waals surface area contributed by atoms with Crippen molar-refractivity contribution in [1.82, 2.24) is 20.1 Å². The van der Waals surface area contributed by atoms with Gasteiger partial charge in [-0.25, -0.2) is 0 Å². The average Bonchev–Trinajstić information content (AvgIpc) is 3.19. The standard InChI is InChI=1S/C41H45F3N6O4/c1-28-7-3-4-16-50(28)34-12-13-36(47-39(52)30-9-6-10-32(24-30)40(53)48(2)17-18-49-19-21-54-22-20-49)35(26-34)37-25-31(14-15-45-37)38(51)46-27-29-8-5-11-33(23-29)41(42,43)44/h5-6,8-15,23-26,28H,3-4,7,16-22,27H2,1-2H3,(H,46,51)(H,47,52). The number of amides is 3. The Kier molecular flexibility index (Phi) is 12.3. The summed E-state index contributed by atoms with van der Waals surface area (Å²) in [5, 5.41) is 5.72. The Hall–Kier alpha value is -5.27. The molecule has 2 N–H and O–H groups in total. The van der Waals surface area contributed by atoms with Crippen molar-refractivity contribution < 1.29 is 32.3 Å². The van der Waals surface area contributed by atoms with Crippen LogP contribution in [-0.4, -0.2) is 91.5 Å². The monoisotopic (exact) mass is 742 g/mol. The number of rotatable bonds is 11. The number of halogens is 3. The number of morpholine rings is 1. The van der Waals surface area contributed by atoms with Crippen molar-refractivity contribution in [3.8, 4) is 11.3 Å². The van der Waals surface area contributed by atoms with Gasteiger partial charge in [-0.1, -0.05) is 18.2 Å². The number of likely N-dealkylation sites (N-methyl/N-ethyl adjacent to an activating group) is 1. The molecular weight excluding hydrogens is 697 g/mol.